The summed E-state index contributed by atoms with van der Waals surface area (Å²) < 4.78 is 0. The third-order valence-corrected chi connectivity index (χ3v) is 2.70. The Morgan fingerprint density at radius 2 is 1.93 bits per heavy atom. The molecule has 0 amide bonds. The van der Waals surface area contributed by atoms with E-state index in [0.717, 1.165) is 6.54 Å². The van der Waals surface area contributed by atoms with Crippen molar-refractivity contribution in [3.8, 4) is 0 Å². The fourth-order valence-corrected chi connectivity index (χ4v) is 1.40. The summed E-state index contributed by atoms with van der Waals surface area (Å²) in [5, 5.41) is 12.9. The Morgan fingerprint density at radius 1 is 1.27 bits per heavy atom. The van der Waals surface area contributed by atoms with Gasteiger partial charge in [0, 0.05) is 13.1 Å². The zero-order valence-corrected chi connectivity index (χ0v) is 9.83. The molecule has 0 heterocycles. The van der Waals surface area contributed by atoms with Gasteiger partial charge in [0.1, 0.15) is 0 Å². The molecule has 2 nitrogen and oxygen atoms in total. The van der Waals surface area contributed by atoms with Crippen LogP contribution in [0.3, 0.4) is 0 Å². The SMILES string of the molecule is Cc1ccccc1CNCC(O)C(C)C. The van der Waals surface area contributed by atoms with Gasteiger partial charge in [-0.05, 0) is 24.0 Å². The van der Waals surface area contributed by atoms with Crippen molar-refractivity contribution in [2.24, 2.45) is 5.92 Å². The van der Waals surface area contributed by atoms with Crippen LogP contribution in [0.15, 0.2) is 24.3 Å². The van der Waals surface area contributed by atoms with Crippen molar-refractivity contribution in [3.05, 3.63) is 35.4 Å². The molecule has 2 heteroatoms. The summed E-state index contributed by atoms with van der Waals surface area (Å²) in [6.45, 7) is 7.65. The van der Waals surface area contributed by atoms with E-state index in [4.69, 9.17) is 0 Å². The zero-order chi connectivity index (χ0) is 11.3. The van der Waals surface area contributed by atoms with E-state index in [1.54, 1.807) is 0 Å². The minimum atomic E-state index is -0.256. The maximum Gasteiger partial charge on any atom is 0.0687 e. The molecule has 0 aromatic heterocycles. The molecule has 0 saturated carbocycles. The first-order valence-electron chi connectivity index (χ1n) is 5.54. The second-order valence-electron chi connectivity index (χ2n) is 4.37. The molecule has 1 atom stereocenters. The van der Waals surface area contributed by atoms with Gasteiger partial charge in [-0.1, -0.05) is 38.1 Å². The summed E-state index contributed by atoms with van der Waals surface area (Å²) in [6.07, 6.45) is -0.256. The van der Waals surface area contributed by atoms with Crippen LogP contribution in [0, 0.1) is 12.8 Å². The van der Waals surface area contributed by atoms with Crippen LogP contribution in [0.5, 0.6) is 0 Å². The van der Waals surface area contributed by atoms with E-state index >= 15 is 0 Å². The van der Waals surface area contributed by atoms with Crippen LogP contribution in [0.4, 0.5) is 0 Å². The summed E-state index contributed by atoms with van der Waals surface area (Å²) in [7, 11) is 0. The zero-order valence-electron chi connectivity index (χ0n) is 9.83. The van der Waals surface area contributed by atoms with Gasteiger partial charge >= 0.3 is 0 Å². The molecule has 1 aromatic carbocycles. The maximum absolute atomic E-state index is 9.61. The van der Waals surface area contributed by atoms with Crippen molar-refractivity contribution in [2.75, 3.05) is 6.54 Å². The highest BCUT2D eigenvalue weighted by molar-refractivity contribution is 5.25. The van der Waals surface area contributed by atoms with Gasteiger partial charge in [0.05, 0.1) is 6.10 Å². The Hall–Kier alpha value is -0.860. The molecule has 0 bridgehead atoms. The lowest BCUT2D eigenvalue weighted by atomic mass is 10.1. The highest BCUT2D eigenvalue weighted by atomic mass is 16.3. The molecular weight excluding hydrogens is 186 g/mol. The number of benzene rings is 1. The van der Waals surface area contributed by atoms with E-state index in [2.05, 4.69) is 24.4 Å². The number of aryl methyl sites for hydroxylation is 1. The lowest BCUT2D eigenvalue weighted by Crippen LogP contribution is -2.30. The molecule has 84 valence electrons. The molecule has 0 radical (unpaired) electrons. The number of hydrogen-bond acceptors (Lipinski definition) is 2. The number of rotatable bonds is 5. The van der Waals surface area contributed by atoms with Crippen molar-refractivity contribution in [3.63, 3.8) is 0 Å². The Balaban J connectivity index is 2.35. The van der Waals surface area contributed by atoms with Crippen LogP contribution in [0.1, 0.15) is 25.0 Å². The lowest BCUT2D eigenvalue weighted by molar-refractivity contribution is 0.123. The third kappa shape index (κ3) is 4.02. The fraction of sp³-hybridized carbons (Fsp3) is 0.538. The van der Waals surface area contributed by atoms with Crippen LogP contribution in [0.2, 0.25) is 0 Å². The smallest absolute Gasteiger partial charge is 0.0687 e. The van der Waals surface area contributed by atoms with Crippen LogP contribution < -0.4 is 5.32 Å². The molecule has 0 aliphatic carbocycles. The maximum atomic E-state index is 9.61. The second-order valence-corrected chi connectivity index (χ2v) is 4.37. The summed E-state index contributed by atoms with van der Waals surface area (Å²) in [5.74, 6) is 0.314. The number of nitrogens with one attached hydrogen (secondary N) is 1. The van der Waals surface area contributed by atoms with Crippen molar-refractivity contribution in [1.82, 2.24) is 5.32 Å². The van der Waals surface area contributed by atoms with E-state index in [9.17, 15) is 5.11 Å². The molecule has 0 spiro atoms. The van der Waals surface area contributed by atoms with Crippen molar-refractivity contribution in [1.29, 1.82) is 0 Å². The van der Waals surface area contributed by atoms with Crippen molar-refractivity contribution >= 4 is 0 Å². The molecular formula is C13H21NO. The van der Waals surface area contributed by atoms with Gasteiger partial charge in [0.15, 0.2) is 0 Å². The molecule has 15 heavy (non-hydrogen) atoms. The van der Waals surface area contributed by atoms with Crippen molar-refractivity contribution in [2.45, 2.75) is 33.4 Å². The molecule has 0 fully saturated rings. The minimum Gasteiger partial charge on any atom is -0.392 e. The first-order chi connectivity index (χ1) is 7.11. The molecule has 0 aliphatic heterocycles. The van der Waals surface area contributed by atoms with Crippen LogP contribution >= 0.6 is 0 Å². The minimum absolute atomic E-state index is 0.256. The van der Waals surface area contributed by atoms with E-state index < -0.39 is 0 Å². The van der Waals surface area contributed by atoms with Gasteiger partial charge < -0.3 is 10.4 Å². The molecule has 0 aliphatic rings. The van der Waals surface area contributed by atoms with E-state index in [-0.39, 0.29) is 6.10 Å². The number of hydrogen-bond donors (Lipinski definition) is 2. The van der Waals surface area contributed by atoms with Crippen LogP contribution in [-0.2, 0) is 6.54 Å². The van der Waals surface area contributed by atoms with Crippen molar-refractivity contribution < 1.29 is 5.11 Å². The third-order valence-electron chi connectivity index (χ3n) is 2.70. The molecule has 1 aromatic rings. The Labute approximate surface area is 92.3 Å². The number of aliphatic hydroxyl groups excluding tert-OH is 1. The number of aliphatic hydroxyl groups is 1. The standard InChI is InChI=1S/C13H21NO/c1-10(2)13(15)9-14-8-12-7-5-4-6-11(12)3/h4-7,10,13-15H,8-9H2,1-3H3. The van der Waals surface area contributed by atoms with E-state index in [1.807, 2.05) is 26.0 Å². The Morgan fingerprint density at radius 3 is 2.53 bits per heavy atom. The highest BCUT2D eigenvalue weighted by Gasteiger charge is 2.07. The molecule has 0 saturated heterocycles. The Kier molecular flexibility index (Phi) is 4.79. The second kappa shape index (κ2) is 5.89. The molecule has 2 N–H and O–H groups in total. The summed E-state index contributed by atoms with van der Waals surface area (Å²) in [5.41, 5.74) is 2.59. The van der Waals surface area contributed by atoms with E-state index in [0.29, 0.717) is 12.5 Å². The largest absolute Gasteiger partial charge is 0.392 e. The summed E-state index contributed by atoms with van der Waals surface area (Å²) >= 11 is 0. The van der Waals surface area contributed by atoms with Gasteiger partial charge in [-0.3, -0.25) is 0 Å². The summed E-state index contributed by atoms with van der Waals surface area (Å²) in [4.78, 5) is 0. The van der Waals surface area contributed by atoms with Crippen LogP contribution in [-0.4, -0.2) is 17.8 Å². The monoisotopic (exact) mass is 207 g/mol. The molecule has 1 rings (SSSR count). The first-order valence-corrected chi connectivity index (χ1v) is 5.54. The van der Waals surface area contributed by atoms with Gasteiger partial charge in [-0.2, -0.15) is 0 Å². The van der Waals surface area contributed by atoms with Crippen LogP contribution in [0.25, 0.3) is 0 Å². The topological polar surface area (TPSA) is 32.3 Å². The normalized spacial score (nSPS) is 13.1. The fourth-order valence-electron chi connectivity index (χ4n) is 1.40. The van der Waals surface area contributed by atoms with Gasteiger partial charge in [-0.25, -0.2) is 0 Å². The quantitative estimate of drug-likeness (QED) is 0.775. The lowest BCUT2D eigenvalue weighted by Gasteiger charge is -2.15. The Bertz CT molecular complexity index is 296. The highest BCUT2D eigenvalue weighted by Crippen LogP contribution is 2.06. The summed E-state index contributed by atoms with van der Waals surface area (Å²) in [6, 6.07) is 8.31. The van der Waals surface area contributed by atoms with E-state index in [1.165, 1.54) is 11.1 Å². The average molecular weight is 207 g/mol. The predicted molar refractivity (Wildman–Crippen MR) is 63.7 cm³/mol. The first kappa shape index (κ1) is 12.2. The average Bonchev–Trinajstić information content (AvgIpc) is 2.20. The molecule has 1 unspecified atom stereocenters. The van der Waals surface area contributed by atoms with Gasteiger partial charge in [0.2, 0.25) is 0 Å². The van der Waals surface area contributed by atoms with Gasteiger partial charge in [-0.15, -0.1) is 0 Å². The predicted octanol–water partition coefficient (Wildman–Crippen LogP) is 2.10. The van der Waals surface area contributed by atoms with Gasteiger partial charge in [0.25, 0.3) is 0 Å².